The van der Waals surface area contributed by atoms with Gasteiger partial charge in [0.2, 0.25) is 0 Å². The molecular formula is C12H15FN2O2. The van der Waals surface area contributed by atoms with E-state index in [0.717, 1.165) is 6.42 Å². The zero-order chi connectivity index (χ0) is 12.3. The van der Waals surface area contributed by atoms with Crippen LogP contribution in [0.4, 0.5) is 14.9 Å². The Balaban J connectivity index is 1.98. The number of benzene rings is 1. The second-order valence-corrected chi connectivity index (χ2v) is 4.05. The van der Waals surface area contributed by atoms with Gasteiger partial charge >= 0.3 is 6.03 Å². The minimum absolute atomic E-state index is 0.0542. The fraction of sp³-hybridized carbons (Fsp3) is 0.417. The maximum atomic E-state index is 13.0. The Hall–Kier alpha value is -1.62. The molecule has 17 heavy (non-hydrogen) atoms. The van der Waals surface area contributed by atoms with Crippen molar-refractivity contribution in [2.24, 2.45) is 0 Å². The van der Waals surface area contributed by atoms with Gasteiger partial charge in [0, 0.05) is 19.3 Å². The van der Waals surface area contributed by atoms with Crippen LogP contribution in [0, 0.1) is 5.82 Å². The van der Waals surface area contributed by atoms with Crippen LogP contribution in [-0.4, -0.2) is 32.3 Å². The average Bonchev–Trinajstić information content (AvgIpc) is 2.80. The van der Waals surface area contributed by atoms with Gasteiger partial charge in [-0.15, -0.1) is 0 Å². The molecule has 2 amide bonds. The minimum Gasteiger partial charge on any atom is -0.379 e. The Labute approximate surface area is 99.4 Å². The first-order valence-electron chi connectivity index (χ1n) is 5.54. The molecule has 0 aliphatic carbocycles. The molecule has 1 atom stereocenters. The van der Waals surface area contributed by atoms with E-state index < -0.39 is 0 Å². The van der Waals surface area contributed by atoms with Crippen LogP contribution in [0.1, 0.15) is 6.42 Å². The molecule has 1 heterocycles. The molecule has 1 unspecified atom stereocenters. The summed E-state index contributed by atoms with van der Waals surface area (Å²) in [6.45, 7) is 1.22. The van der Waals surface area contributed by atoms with Crippen LogP contribution in [0.5, 0.6) is 0 Å². The molecule has 5 heteroatoms. The second kappa shape index (κ2) is 5.14. The van der Waals surface area contributed by atoms with Crippen molar-refractivity contribution < 1.29 is 13.9 Å². The smallest absolute Gasteiger partial charge is 0.321 e. The van der Waals surface area contributed by atoms with Crippen molar-refractivity contribution in [2.75, 3.05) is 25.2 Å². The van der Waals surface area contributed by atoms with Crippen LogP contribution in [0.15, 0.2) is 24.3 Å². The molecule has 1 fully saturated rings. The van der Waals surface area contributed by atoms with Gasteiger partial charge in [-0.3, -0.25) is 4.90 Å². The van der Waals surface area contributed by atoms with Gasteiger partial charge in [0.15, 0.2) is 0 Å². The number of ether oxygens (including phenoxy) is 1. The van der Waals surface area contributed by atoms with E-state index in [-0.39, 0.29) is 17.9 Å². The molecule has 0 aromatic heterocycles. The second-order valence-electron chi connectivity index (χ2n) is 4.05. The van der Waals surface area contributed by atoms with E-state index in [2.05, 4.69) is 5.32 Å². The first-order valence-corrected chi connectivity index (χ1v) is 5.54. The summed E-state index contributed by atoms with van der Waals surface area (Å²) in [5.41, 5.74) is 0.529. The lowest BCUT2D eigenvalue weighted by atomic mass is 10.2. The van der Waals surface area contributed by atoms with Gasteiger partial charge in [0.25, 0.3) is 0 Å². The van der Waals surface area contributed by atoms with Gasteiger partial charge in [-0.1, -0.05) is 6.07 Å². The van der Waals surface area contributed by atoms with Crippen molar-refractivity contribution in [3.05, 3.63) is 30.1 Å². The van der Waals surface area contributed by atoms with Gasteiger partial charge in [-0.2, -0.15) is 0 Å². The largest absolute Gasteiger partial charge is 0.379 e. The van der Waals surface area contributed by atoms with Crippen LogP contribution < -0.4 is 10.2 Å². The number of hydrogen-bond acceptors (Lipinski definition) is 2. The molecule has 1 aliphatic rings. The highest BCUT2D eigenvalue weighted by Gasteiger charge is 2.20. The molecule has 1 N–H and O–H groups in total. The molecule has 0 spiro atoms. The Morgan fingerprint density at radius 2 is 2.41 bits per heavy atom. The van der Waals surface area contributed by atoms with E-state index in [0.29, 0.717) is 18.9 Å². The molecule has 2 rings (SSSR count). The number of carbonyl (C=O) groups excluding carboxylic acids is 1. The number of urea groups is 1. The molecule has 1 aliphatic heterocycles. The lowest BCUT2D eigenvalue weighted by Crippen LogP contribution is -2.43. The Kier molecular flexibility index (Phi) is 3.58. The summed E-state index contributed by atoms with van der Waals surface area (Å²) in [7, 11) is 1.61. The number of nitrogens with one attached hydrogen (secondary N) is 1. The molecule has 0 saturated carbocycles. The zero-order valence-corrected chi connectivity index (χ0v) is 9.65. The van der Waals surface area contributed by atoms with Crippen LogP contribution in [0.2, 0.25) is 0 Å². The summed E-state index contributed by atoms with van der Waals surface area (Å²) in [5, 5.41) is 2.84. The highest BCUT2D eigenvalue weighted by atomic mass is 19.1. The summed E-state index contributed by atoms with van der Waals surface area (Å²) in [6.07, 6.45) is 0.822. The normalized spacial score (nSPS) is 19.1. The summed E-state index contributed by atoms with van der Waals surface area (Å²) in [4.78, 5) is 13.2. The lowest BCUT2D eigenvalue weighted by Gasteiger charge is -2.20. The summed E-state index contributed by atoms with van der Waals surface area (Å²) >= 11 is 0. The van der Waals surface area contributed by atoms with Gasteiger partial charge in [0.1, 0.15) is 5.82 Å². The number of anilines is 1. The fourth-order valence-electron chi connectivity index (χ4n) is 1.72. The number of rotatable bonds is 2. The minimum atomic E-state index is -0.355. The predicted octanol–water partition coefficient (Wildman–Crippen LogP) is 1.76. The number of halogens is 1. The van der Waals surface area contributed by atoms with E-state index >= 15 is 0 Å². The maximum Gasteiger partial charge on any atom is 0.321 e. The third kappa shape index (κ3) is 2.94. The molecule has 0 bridgehead atoms. The SMILES string of the molecule is CN(C(=O)NC1CCOC1)c1cccc(F)c1. The van der Waals surface area contributed by atoms with Crippen LogP contribution in [0.25, 0.3) is 0 Å². The Morgan fingerprint density at radius 3 is 3.06 bits per heavy atom. The maximum absolute atomic E-state index is 13.0. The third-order valence-electron chi connectivity index (χ3n) is 2.76. The molecule has 1 aromatic carbocycles. The highest BCUT2D eigenvalue weighted by Crippen LogP contribution is 2.14. The van der Waals surface area contributed by atoms with E-state index in [9.17, 15) is 9.18 Å². The predicted molar refractivity (Wildman–Crippen MR) is 62.6 cm³/mol. The number of nitrogens with zero attached hydrogens (tertiary/aromatic N) is 1. The van der Waals surface area contributed by atoms with Gasteiger partial charge in [-0.25, -0.2) is 9.18 Å². The standard InChI is InChI=1S/C12H15FN2O2/c1-15(11-4-2-3-9(13)7-11)12(16)14-10-5-6-17-8-10/h2-4,7,10H,5-6,8H2,1H3,(H,14,16). The van der Waals surface area contributed by atoms with Crippen molar-refractivity contribution in [1.29, 1.82) is 0 Å². The van der Waals surface area contributed by atoms with Crippen LogP contribution in [-0.2, 0) is 4.74 Å². The van der Waals surface area contributed by atoms with Crippen LogP contribution >= 0.6 is 0 Å². The van der Waals surface area contributed by atoms with Crippen molar-refractivity contribution in [3.63, 3.8) is 0 Å². The van der Waals surface area contributed by atoms with E-state index in [4.69, 9.17) is 4.74 Å². The van der Waals surface area contributed by atoms with Crippen LogP contribution in [0.3, 0.4) is 0 Å². The van der Waals surface area contributed by atoms with Gasteiger partial charge < -0.3 is 10.1 Å². The molecule has 92 valence electrons. The Morgan fingerprint density at radius 1 is 1.59 bits per heavy atom. The molecule has 1 aromatic rings. The molecule has 0 radical (unpaired) electrons. The van der Waals surface area contributed by atoms with E-state index in [1.807, 2.05) is 0 Å². The third-order valence-corrected chi connectivity index (χ3v) is 2.76. The molecular weight excluding hydrogens is 223 g/mol. The quantitative estimate of drug-likeness (QED) is 0.853. The van der Waals surface area contributed by atoms with E-state index in [1.54, 1.807) is 19.2 Å². The molecule has 4 nitrogen and oxygen atoms in total. The first-order chi connectivity index (χ1) is 8.16. The van der Waals surface area contributed by atoms with E-state index in [1.165, 1.54) is 17.0 Å². The fourth-order valence-corrected chi connectivity index (χ4v) is 1.72. The topological polar surface area (TPSA) is 41.6 Å². The summed E-state index contributed by atoms with van der Waals surface area (Å²) < 4.78 is 18.2. The lowest BCUT2D eigenvalue weighted by molar-refractivity contribution is 0.189. The average molecular weight is 238 g/mol. The number of hydrogen-bond donors (Lipinski definition) is 1. The van der Waals surface area contributed by atoms with Gasteiger partial charge in [-0.05, 0) is 24.6 Å². The monoisotopic (exact) mass is 238 g/mol. The van der Waals surface area contributed by atoms with Crippen molar-refractivity contribution in [3.8, 4) is 0 Å². The first kappa shape index (κ1) is 11.9. The Bertz CT molecular complexity index is 405. The van der Waals surface area contributed by atoms with Crippen molar-refractivity contribution in [1.82, 2.24) is 5.32 Å². The van der Waals surface area contributed by atoms with Gasteiger partial charge in [0.05, 0.1) is 12.6 Å². The highest BCUT2D eigenvalue weighted by molar-refractivity contribution is 5.91. The number of amides is 2. The summed E-state index contributed by atoms with van der Waals surface area (Å²) in [5.74, 6) is -0.355. The molecule has 1 saturated heterocycles. The zero-order valence-electron chi connectivity index (χ0n) is 9.65. The van der Waals surface area contributed by atoms with Crippen molar-refractivity contribution in [2.45, 2.75) is 12.5 Å². The summed E-state index contributed by atoms with van der Waals surface area (Å²) in [6, 6.07) is 5.75. The number of carbonyl (C=O) groups is 1. The van der Waals surface area contributed by atoms with Crippen molar-refractivity contribution >= 4 is 11.7 Å².